The standard InChI is InChI=1S/C16H19N3O2/c1-12-5-3-6-13(11-12)21-10-9-19(2)16(20)15-14(17)7-4-8-18-15/h3-8,11H,9-10,17H2,1-2H3. The number of nitrogens with zero attached hydrogens (tertiary/aromatic N) is 2. The Morgan fingerprint density at radius 1 is 1.33 bits per heavy atom. The van der Waals surface area contributed by atoms with E-state index in [2.05, 4.69) is 4.98 Å². The average molecular weight is 285 g/mol. The molecular weight excluding hydrogens is 266 g/mol. The number of aromatic nitrogens is 1. The zero-order chi connectivity index (χ0) is 15.2. The van der Waals surface area contributed by atoms with Crippen molar-refractivity contribution >= 4 is 11.6 Å². The fourth-order valence-electron chi connectivity index (χ4n) is 1.88. The second-order valence-corrected chi connectivity index (χ2v) is 4.83. The lowest BCUT2D eigenvalue weighted by Gasteiger charge is -2.17. The summed E-state index contributed by atoms with van der Waals surface area (Å²) in [7, 11) is 1.70. The molecule has 0 fully saturated rings. The summed E-state index contributed by atoms with van der Waals surface area (Å²) in [6.45, 7) is 2.88. The predicted octanol–water partition coefficient (Wildman–Crippen LogP) is 2.12. The fraction of sp³-hybridized carbons (Fsp3) is 0.250. The maximum absolute atomic E-state index is 12.2. The lowest BCUT2D eigenvalue weighted by atomic mass is 10.2. The highest BCUT2D eigenvalue weighted by atomic mass is 16.5. The highest BCUT2D eigenvalue weighted by molar-refractivity contribution is 5.96. The van der Waals surface area contributed by atoms with Gasteiger partial charge in [-0.25, -0.2) is 4.98 Å². The van der Waals surface area contributed by atoms with Crippen molar-refractivity contribution in [2.75, 3.05) is 25.9 Å². The number of benzene rings is 1. The van der Waals surface area contributed by atoms with E-state index in [1.54, 1.807) is 30.3 Å². The normalized spacial score (nSPS) is 10.2. The molecule has 110 valence electrons. The fourth-order valence-corrected chi connectivity index (χ4v) is 1.88. The minimum atomic E-state index is -0.207. The first-order valence-corrected chi connectivity index (χ1v) is 6.73. The molecule has 0 saturated heterocycles. The van der Waals surface area contributed by atoms with Crippen molar-refractivity contribution in [1.82, 2.24) is 9.88 Å². The van der Waals surface area contributed by atoms with E-state index in [4.69, 9.17) is 10.5 Å². The first-order valence-electron chi connectivity index (χ1n) is 6.73. The minimum absolute atomic E-state index is 0.207. The van der Waals surface area contributed by atoms with Crippen molar-refractivity contribution in [3.05, 3.63) is 53.9 Å². The molecule has 0 saturated carbocycles. The number of carbonyl (C=O) groups is 1. The van der Waals surface area contributed by atoms with Crippen LogP contribution in [0.4, 0.5) is 5.69 Å². The Morgan fingerprint density at radius 3 is 2.86 bits per heavy atom. The van der Waals surface area contributed by atoms with Crippen molar-refractivity contribution < 1.29 is 9.53 Å². The molecule has 2 aromatic rings. The molecule has 21 heavy (non-hydrogen) atoms. The van der Waals surface area contributed by atoms with E-state index in [-0.39, 0.29) is 11.6 Å². The largest absolute Gasteiger partial charge is 0.492 e. The lowest BCUT2D eigenvalue weighted by Crippen LogP contribution is -2.32. The monoisotopic (exact) mass is 285 g/mol. The molecule has 5 nitrogen and oxygen atoms in total. The van der Waals surface area contributed by atoms with Gasteiger partial charge in [-0.3, -0.25) is 4.79 Å². The van der Waals surface area contributed by atoms with E-state index < -0.39 is 0 Å². The molecule has 0 unspecified atom stereocenters. The summed E-state index contributed by atoms with van der Waals surface area (Å²) in [5.41, 5.74) is 7.55. The molecule has 1 heterocycles. The number of anilines is 1. The van der Waals surface area contributed by atoms with Crippen LogP contribution in [0.5, 0.6) is 5.75 Å². The van der Waals surface area contributed by atoms with Crippen LogP contribution in [-0.4, -0.2) is 36.0 Å². The highest BCUT2D eigenvalue weighted by Gasteiger charge is 2.15. The van der Waals surface area contributed by atoms with Crippen LogP contribution < -0.4 is 10.5 Å². The summed E-state index contributed by atoms with van der Waals surface area (Å²) >= 11 is 0. The van der Waals surface area contributed by atoms with Crippen molar-refractivity contribution in [1.29, 1.82) is 0 Å². The molecule has 0 bridgehead atoms. The lowest BCUT2D eigenvalue weighted by molar-refractivity contribution is 0.0769. The van der Waals surface area contributed by atoms with Gasteiger partial charge >= 0.3 is 0 Å². The topological polar surface area (TPSA) is 68.5 Å². The maximum Gasteiger partial charge on any atom is 0.274 e. The van der Waals surface area contributed by atoms with E-state index in [1.807, 2.05) is 31.2 Å². The van der Waals surface area contributed by atoms with Crippen LogP contribution in [0.2, 0.25) is 0 Å². The number of nitrogens with two attached hydrogens (primary N) is 1. The Balaban J connectivity index is 1.89. The number of pyridine rings is 1. The van der Waals surface area contributed by atoms with Gasteiger partial charge in [0, 0.05) is 13.2 Å². The molecule has 0 aliphatic heterocycles. The Hall–Kier alpha value is -2.56. The number of aryl methyl sites for hydroxylation is 1. The number of rotatable bonds is 5. The third-order valence-electron chi connectivity index (χ3n) is 3.07. The smallest absolute Gasteiger partial charge is 0.274 e. The number of nitrogen functional groups attached to an aromatic ring is 1. The van der Waals surface area contributed by atoms with Gasteiger partial charge in [-0.2, -0.15) is 0 Å². The second-order valence-electron chi connectivity index (χ2n) is 4.83. The Kier molecular flexibility index (Phi) is 4.77. The molecule has 0 aliphatic carbocycles. The Morgan fingerprint density at radius 2 is 2.14 bits per heavy atom. The van der Waals surface area contributed by atoms with Gasteiger partial charge in [0.1, 0.15) is 12.4 Å². The van der Waals surface area contributed by atoms with Crippen LogP contribution in [-0.2, 0) is 0 Å². The molecule has 1 aromatic heterocycles. The third kappa shape index (κ3) is 3.95. The van der Waals surface area contributed by atoms with Crippen LogP contribution in [0, 0.1) is 6.92 Å². The molecule has 0 spiro atoms. The molecule has 0 radical (unpaired) electrons. The maximum atomic E-state index is 12.2. The van der Waals surface area contributed by atoms with Gasteiger partial charge in [0.2, 0.25) is 0 Å². The van der Waals surface area contributed by atoms with Crippen molar-refractivity contribution in [3.8, 4) is 5.75 Å². The van der Waals surface area contributed by atoms with Crippen LogP contribution in [0.3, 0.4) is 0 Å². The number of ether oxygens (including phenoxy) is 1. The van der Waals surface area contributed by atoms with Gasteiger partial charge in [-0.1, -0.05) is 12.1 Å². The second kappa shape index (κ2) is 6.74. The van der Waals surface area contributed by atoms with Crippen LogP contribution in [0.1, 0.15) is 16.1 Å². The SMILES string of the molecule is Cc1cccc(OCCN(C)C(=O)c2ncccc2N)c1. The number of hydrogen-bond acceptors (Lipinski definition) is 4. The van der Waals surface area contributed by atoms with Crippen LogP contribution >= 0.6 is 0 Å². The Labute approximate surface area is 124 Å². The molecule has 1 amide bonds. The first-order chi connectivity index (χ1) is 10.1. The molecule has 0 aliphatic rings. The molecule has 2 N–H and O–H groups in total. The van der Waals surface area contributed by atoms with Crippen molar-refractivity contribution in [3.63, 3.8) is 0 Å². The molecular formula is C16H19N3O2. The summed E-state index contributed by atoms with van der Waals surface area (Å²) in [6.07, 6.45) is 1.56. The van der Waals surface area contributed by atoms with Gasteiger partial charge < -0.3 is 15.4 Å². The third-order valence-corrected chi connectivity index (χ3v) is 3.07. The number of hydrogen-bond donors (Lipinski definition) is 1. The van der Waals surface area contributed by atoms with E-state index in [0.29, 0.717) is 18.8 Å². The zero-order valence-electron chi connectivity index (χ0n) is 12.2. The summed E-state index contributed by atoms with van der Waals surface area (Å²) in [5.74, 6) is 0.592. The zero-order valence-corrected chi connectivity index (χ0v) is 12.2. The minimum Gasteiger partial charge on any atom is -0.492 e. The van der Waals surface area contributed by atoms with Crippen molar-refractivity contribution in [2.24, 2.45) is 0 Å². The van der Waals surface area contributed by atoms with E-state index in [1.165, 1.54) is 0 Å². The first kappa shape index (κ1) is 14.8. The quantitative estimate of drug-likeness (QED) is 0.913. The summed E-state index contributed by atoms with van der Waals surface area (Å²) in [6, 6.07) is 11.2. The van der Waals surface area contributed by atoms with Gasteiger partial charge in [0.25, 0.3) is 5.91 Å². The molecule has 0 atom stereocenters. The summed E-state index contributed by atoms with van der Waals surface area (Å²) < 4.78 is 5.63. The van der Waals surface area contributed by atoms with Gasteiger partial charge in [0.15, 0.2) is 5.69 Å². The summed E-state index contributed by atoms with van der Waals surface area (Å²) in [5, 5.41) is 0. The van der Waals surface area contributed by atoms with E-state index >= 15 is 0 Å². The predicted molar refractivity (Wildman–Crippen MR) is 82.3 cm³/mol. The van der Waals surface area contributed by atoms with E-state index in [0.717, 1.165) is 11.3 Å². The summed E-state index contributed by atoms with van der Waals surface area (Å²) in [4.78, 5) is 17.8. The number of amides is 1. The number of likely N-dealkylation sites (N-methyl/N-ethyl adjacent to an activating group) is 1. The Bertz CT molecular complexity index is 628. The average Bonchev–Trinajstić information content (AvgIpc) is 2.47. The van der Waals surface area contributed by atoms with Crippen molar-refractivity contribution in [2.45, 2.75) is 6.92 Å². The van der Waals surface area contributed by atoms with Gasteiger partial charge in [0.05, 0.1) is 12.2 Å². The number of carbonyl (C=O) groups excluding carboxylic acids is 1. The molecule has 2 rings (SSSR count). The molecule has 1 aromatic carbocycles. The van der Waals surface area contributed by atoms with Crippen LogP contribution in [0.25, 0.3) is 0 Å². The van der Waals surface area contributed by atoms with Gasteiger partial charge in [-0.15, -0.1) is 0 Å². The molecule has 5 heteroatoms. The van der Waals surface area contributed by atoms with Crippen LogP contribution in [0.15, 0.2) is 42.6 Å². The van der Waals surface area contributed by atoms with Gasteiger partial charge in [-0.05, 0) is 36.8 Å². The van der Waals surface area contributed by atoms with E-state index in [9.17, 15) is 4.79 Å². The highest BCUT2D eigenvalue weighted by Crippen LogP contribution is 2.13.